The molecule has 0 amide bonds. The monoisotopic (exact) mass is 172 g/mol. The molecule has 0 saturated carbocycles. The Balaban J connectivity index is 4.60. The Labute approximate surface area is 71.6 Å². The fourth-order valence-electron chi connectivity index (χ4n) is 1.69. The van der Waals surface area contributed by atoms with Gasteiger partial charge < -0.3 is 4.43 Å². The smallest absolute Gasteiger partial charge is 0.221 e. The lowest BCUT2D eigenvalue weighted by molar-refractivity contribution is 0.383. The van der Waals surface area contributed by atoms with Crippen LogP contribution in [0.5, 0.6) is 0 Å². The molecule has 0 aliphatic carbocycles. The molecule has 1 nitrogen and oxygen atoms in total. The first-order valence-corrected chi connectivity index (χ1v) is 6.34. The highest BCUT2D eigenvalue weighted by Gasteiger charge is 2.37. The SMILES string of the molecule is C=C[Si](OC)(C(C)C)C(C)C. The van der Waals surface area contributed by atoms with Crippen LogP contribution >= 0.6 is 0 Å². The fourth-order valence-corrected chi connectivity index (χ4v) is 5.08. The van der Waals surface area contributed by atoms with Gasteiger partial charge in [-0.3, -0.25) is 0 Å². The quantitative estimate of drug-likeness (QED) is 0.592. The summed E-state index contributed by atoms with van der Waals surface area (Å²) in [7, 11) is 0.179. The fraction of sp³-hybridized carbons (Fsp3) is 0.778. The van der Waals surface area contributed by atoms with Gasteiger partial charge in [0.1, 0.15) is 0 Å². The van der Waals surface area contributed by atoms with Crippen molar-refractivity contribution in [3.8, 4) is 0 Å². The van der Waals surface area contributed by atoms with Gasteiger partial charge in [-0.1, -0.05) is 33.4 Å². The largest absolute Gasteiger partial charge is 0.416 e. The van der Waals surface area contributed by atoms with E-state index in [1.807, 2.05) is 7.11 Å². The summed E-state index contributed by atoms with van der Waals surface area (Å²) in [5.41, 5.74) is 3.29. The zero-order chi connectivity index (χ0) is 9.07. The molecule has 0 aromatic carbocycles. The highest BCUT2D eigenvalue weighted by Crippen LogP contribution is 2.33. The van der Waals surface area contributed by atoms with Crippen LogP contribution in [0.2, 0.25) is 11.1 Å². The maximum absolute atomic E-state index is 5.63. The average Bonchev–Trinajstić information content (AvgIpc) is 1.90. The van der Waals surface area contributed by atoms with Gasteiger partial charge in [0, 0.05) is 7.11 Å². The molecule has 2 heteroatoms. The summed E-state index contributed by atoms with van der Waals surface area (Å²) in [6.45, 7) is 12.8. The van der Waals surface area contributed by atoms with Gasteiger partial charge in [0.15, 0.2) is 0 Å². The van der Waals surface area contributed by atoms with Gasteiger partial charge in [-0.15, -0.1) is 6.58 Å². The molecule has 0 rings (SSSR count). The van der Waals surface area contributed by atoms with E-state index in [1.165, 1.54) is 0 Å². The van der Waals surface area contributed by atoms with Crippen molar-refractivity contribution < 1.29 is 4.43 Å². The van der Waals surface area contributed by atoms with Crippen LogP contribution in [0.1, 0.15) is 27.7 Å². The second kappa shape index (κ2) is 4.07. The standard InChI is InChI=1S/C9H20OSi/c1-7-11(10-6,8(2)3)9(4)5/h7-9H,1H2,2-6H3. The Morgan fingerprint density at radius 3 is 1.55 bits per heavy atom. The van der Waals surface area contributed by atoms with E-state index in [0.717, 1.165) is 0 Å². The molecule has 11 heavy (non-hydrogen) atoms. The van der Waals surface area contributed by atoms with Crippen LogP contribution in [0, 0.1) is 0 Å². The predicted octanol–water partition coefficient (Wildman–Crippen LogP) is 3.12. The van der Waals surface area contributed by atoms with E-state index in [4.69, 9.17) is 4.43 Å². The summed E-state index contributed by atoms with van der Waals surface area (Å²) in [4.78, 5) is 0. The van der Waals surface area contributed by atoms with E-state index < -0.39 is 8.32 Å². The zero-order valence-electron chi connectivity index (χ0n) is 8.35. The van der Waals surface area contributed by atoms with Gasteiger partial charge in [-0.25, -0.2) is 0 Å². The van der Waals surface area contributed by atoms with Gasteiger partial charge in [-0.05, 0) is 11.1 Å². The molecular formula is C9H20OSi. The zero-order valence-corrected chi connectivity index (χ0v) is 9.35. The molecule has 0 aromatic heterocycles. The molecule has 0 saturated heterocycles. The Bertz CT molecular complexity index is 122. The van der Waals surface area contributed by atoms with Crippen LogP contribution in [-0.4, -0.2) is 15.4 Å². The first-order valence-electron chi connectivity index (χ1n) is 4.20. The third kappa shape index (κ3) is 1.94. The highest BCUT2D eigenvalue weighted by molar-refractivity contribution is 6.81. The molecule has 0 aliphatic heterocycles. The van der Waals surface area contributed by atoms with E-state index in [9.17, 15) is 0 Å². The Hall–Kier alpha value is -0.0831. The minimum Gasteiger partial charge on any atom is -0.416 e. The first kappa shape index (κ1) is 10.9. The minimum absolute atomic E-state index is 0.616. The molecule has 0 aliphatic rings. The van der Waals surface area contributed by atoms with Crippen LogP contribution in [-0.2, 0) is 4.43 Å². The van der Waals surface area contributed by atoms with Crippen molar-refractivity contribution in [1.29, 1.82) is 0 Å². The molecule has 0 bridgehead atoms. The molecule has 0 heterocycles. The van der Waals surface area contributed by atoms with Gasteiger partial charge in [-0.2, -0.15) is 0 Å². The van der Waals surface area contributed by atoms with Crippen molar-refractivity contribution in [2.75, 3.05) is 7.11 Å². The summed E-state index contributed by atoms with van der Waals surface area (Å²) in [5.74, 6) is 0. The van der Waals surface area contributed by atoms with E-state index in [1.54, 1.807) is 0 Å². The van der Waals surface area contributed by atoms with Crippen molar-refractivity contribution >= 4 is 8.32 Å². The van der Waals surface area contributed by atoms with Crippen LogP contribution in [0.25, 0.3) is 0 Å². The topological polar surface area (TPSA) is 9.23 Å². The maximum atomic E-state index is 5.63. The van der Waals surface area contributed by atoms with Gasteiger partial charge in [0.2, 0.25) is 8.32 Å². The molecule has 0 aromatic rings. The first-order chi connectivity index (χ1) is 5.01. The van der Waals surface area contributed by atoms with Crippen LogP contribution in [0.3, 0.4) is 0 Å². The van der Waals surface area contributed by atoms with E-state index in [0.29, 0.717) is 11.1 Å². The lowest BCUT2D eigenvalue weighted by Crippen LogP contribution is -2.41. The Kier molecular flexibility index (Phi) is 4.04. The lowest BCUT2D eigenvalue weighted by Gasteiger charge is -2.33. The summed E-state index contributed by atoms with van der Waals surface area (Å²) in [6.07, 6.45) is 0. The van der Waals surface area contributed by atoms with E-state index in [-0.39, 0.29) is 0 Å². The summed E-state index contributed by atoms with van der Waals surface area (Å²) in [6, 6.07) is 0. The normalized spacial score (nSPS) is 12.6. The second-order valence-electron chi connectivity index (χ2n) is 3.57. The molecule has 0 atom stereocenters. The van der Waals surface area contributed by atoms with E-state index in [2.05, 4.69) is 40.0 Å². The number of hydrogen-bond acceptors (Lipinski definition) is 1. The third-order valence-corrected chi connectivity index (χ3v) is 7.43. The molecule has 0 unspecified atom stereocenters. The summed E-state index contributed by atoms with van der Waals surface area (Å²) in [5, 5.41) is 0. The highest BCUT2D eigenvalue weighted by atomic mass is 28.4. The third-order valence-electron chi connectivity index (χ3n) is 2.48. The van der Waals surface area contributed by atoms with Crippen molar-refractivity contribution in [3.63, 3.8) is 0 Å². The molecule has 0 N–H and O–H groups in total. The summed E-state index contributed by atoms with van der Waals surface area (Å²) < 4.78 is 5.63. The van der Waals surface area contributed by atoms with Gasteiger partial charge in [0.05, 0.1) is 0 Å². The van der Waals surface area contributed by atoms with Crippen molar-refractivity contribution in [2.24, 2.45) is 0 Å². The minimum atomic E-state index is -1.63. The molecule has 66 valence electrons. The molecule has 0 fully saturated rings. The molecular weight excluding hydrogens is 152 g/mol. The number of rotatable bonds is 4. The predicted molar refractivity (Wildman–Crippen MR) is 53.2 cm³/mol. The lowest BCUT2D eigenvalue weighted by atomic mass is 10.5. The maximum Gasteiger partial charge on any atom is 0.221 e. The number of hydrogen-bond donors (Lipinski definition) is 0. The van der Waals surface area contributed by atoms with Crippen LogP contribution in [0.15, 0.2) is 12.3 Å². The molecule has 0 radical (unpaired) electrons. The average molecular weight is 172 g/mol. The van der Waals surface area contributed by atoms with Crippen molar-refractivity contribution in [2.45, 2.75) is 38.8 Å². The van der Waals surface area contributed by atoms with Gasteiger partial charge >= 0.3 is 0 Å². The summed E-state index contributed by atoms with van der Waals surface area (Å²) >= 11 is 0. The van der Waals surface area contributed by atoms with Crippen molar-refractivity contribution in [1.82, 2.24) is 0 Å². The van der Waals surface area contributed by atoms with E-state index >= 15 is 0 Å². The van der Waals surface area contributed by atoms with Gasteiger partial charge in [0.25, 0.3) is 0 Å². The Morgan fingerprint density at radius 1 is 1.18 bits per heavy atom. The second-order valence-corrected chi connectivity index (χ2v) is 8.40. The van der Waals surface area contributed by atoms with Crippen LogP contribution in [0.4, 0.5) is 0 Å². The van der Waals surface area contributed by atoms with Crippen molar-refractivity contribution in [3.05, 3.63) is 12.3 Å². The molecule has 0 spiro atoms. The van der Waals surface area contributed by atoms with Crippen LogP contribution < -0.4 is 0 Å². The Morgan fingerprint density at radius 2 is 1.55 bits per heavy atom.